The second kappa shape index (κ2) is 9.70. The van der Waals surface area contributed by atoms with Crippen LogP contribution >= 0.6 is 23.2 Å². The van der Waals surface area contributed by atoms with E-state index in [1.54, 1.807) is 12.1 Å². The maximum atomic E-state index is 12.5. The molecule has 6 aromatic rings. The van der Waals surface area contributed by atoms with Crippen molar-refractivity contribution in [1.82, 2.24) is 9.97 Å². The van der Waals surface area contributed by atoms with Gasteiger partial charge in [0.15, 0.2) is 5.56 Å². The number of aromatic amines is 1. The SMILES string of the molecule is N#Cc1c(N)c2c(N)c3c(nc2oc1=O)OC(c1ccc(Cl)cc1)=CC3c1c(-c2ccccc2)[nH]c2ccc(Cl)cc12. The van der Waals surface area contributed by atoms with E-state index in [0.717, 1.165) is 33.3 Å². The average molecular weight is 592 g/mol. The third-order valence-corrected chi connectivity index (χ3v) is 7.88. The Morgan fingerprint density at radius 1 is 0.905 bits per heavy atom. The van der Waals surface area contributed by atoms with Crippen molar-refractivity contribution >= 4 is 62.3 Å². The molecule has 204 valence electrons. The molecule has 1 unspecified atom stereocenters. The van der Waals surface area contributed by atoms with E-state index in [0.29, 0.717) is 21.4 Å². The molecular weight excluding hydrogens is 573 g/mol. The van der Waals surface area contributed by atoms with Gasteiger partial charge in [0, 0.05) is 32.4 Å². The fraction of sp³-hybridized carbons (Fsp3) is 0.0312. The predicted octanol–water partition coefficient (Wildman–Crippen LogP) is 7.24. The second-order valence-corrected chi connectivity index (χ2v) is 10.7. The van der Waals surface area contributed by atoms with Crippen LogP contribution in [0.4, 0.5) is 11.4 Å². The van der Waals surface area contributed by atoms with Crippen LogP contribution in [0.2, 0.25) is 10.0 Å². The van der Waals surface area contributed by atoms with Gasteiger partial charge in [0.25, 0.3) is 0 Å². The van der Waals surface area contributed by atoms with Crippen LogP contribution in [0.15, 0.2) is 88.1 Å². The fourth-order valence-electron chi connectivity index (χ4n) is 5.48. The van der Waals surface area contributed by atoms with Gasteiger partial charge in [-0.3, -0.25) is 0 Å². The van der Waals surface area contributed by atoms with Crippen molar-refractivity contribution in [2.24, 2.45) is 0 Å². The lowest BCUT2D eigenvalue weighted by Gasteiger charge is -2.27. The summed E-state index contributed by atoms with van der Waals surface area (Å²) in [5, 5.41) is 11.7. The number of ether oxygens (including phenoxy) is 1. The maximum Gasteiger partial charge on any atom is 0.357 e. The highest BCUT2D eigenvalue weighted by atomic mass is 35.5. The number of hydrogen-bond donors (Lipinski definition) is 3. The third-order valence-electron chi connectivity index (χ3n) is 7.39. The minimum Gasteiger partial charge on any atom is -0.438 e. The van der Waals surface area contributed by atoms with Crippen molar-refractivity contribution < 1.29 is 9.15 Å². The fourth-order valence-corrected chi connectivity index (χ4v) is 5.77. The van der Waals surface area contributed by atoms with Crippen LogP contribution in [0.3, 0.4) is 0 Å². The summed E-state index contributed by atoms with van der Waals surface area (Å²) >= 11 is 12.7. The van der Waals surface area contributed by atoms with E-state index in [2.05, 4.69) is 9.97 Å². The Labute approximate surface area is 248 Å². The van der Waals surface area contributed by atoms with Crippen LogP contribution in [0, 0.1) is 11.3 Å². The lowest BCUT2D eigenvalue weighted by atomic mass is 9.84. The number of pyridine rings is 1. The predicted molar refractivity (Wildman–Crippen MR) is 164 cm³/mol. The Bertz CT molecular complexity index is 2200. The smallest absolute Gasteiger partial charge is 0.357 e. The number of H-pyrrole nitrogens is 1. The number of rotatable bonds is 3. The highest BCUT2D eigenvalue weighted by Gasteiger charge is 2.34. The number of nitrogens with zero attached hydrogens (tertiary/aromatic N) is 2. The van der Waals surface area contributed by atoms with Crippen LogP contribution in [0.5, 0.6) is 5.88 Å². The molecular formula is C32H19Cl2N5O3. The monoisotopic (exact) mass is 591 g/mol. The summed E-state index contributed by atoms with van der Waals surface area (Å²) in [7, 11) is 0. The molecule has 3 aromatic carbocycles. The van der Waals surface area contributed by atoms with Crippen LogP contribution in [0.1, 0.15) is 28.2 Å². The normalized spacial score (nSPS) is 14.3. The lowest BCUT2D eigenvalue weighted by molar-refractivity contribution is 0.465. The quantitative estimate of drug-likeness (QED) is 0.196. The van der Waals surface area contributed by atoms with Crippen molar-refractivity contribution in [2.75, 3.05) is 11.5 Å². The molecule has 10 heteroatoms. The largest absolute Gasteiger partial charge is 0.438 e. The number of anilines is 2. The highest BCUT2D eigenvalue weighted by molar-refractivity contribution is 6.31. The Hall–Kier alpha value is -5.23. The summed E-state index contributed by atoms with van der Waals surface area (Å²) in [6.07, 6.45) is 1.95. The molecule has 42 heavy (non-hydrogen) atoms. The summed E-state index contributed by atoms with van der Waals surface area (Å²) in [6.45, 7) is 0. The van der Waals surface area contributed by atoms with Crippen molar-refractivity contribution in [1.29, 1.82) is 5.26 Å². The molecule has 0 radical (unpaired) electrons. The molecule has 8 nitrogen and oxygen atoms in total. The van der Waals surface area contributed by atoms with Crippen molar-refractivity contribution in [3.05, 3.63) is 122 Å². The van der Waals surface area contributed by atoms with Gasteiger partial charge in [0.05, 0.1) is 28.0 Å². The molecule has 0 saturated heterocycles. The van der Waals surface area contributed by atoms with Gasteiger partial charge in [-0.05, 0) is 59.7 Å². The molecule has 1 aliphatic rings. The number of nitrogen functional groups attached to an aromatic ring is 2. The van der Waals surface area contributed by atoms with E-state index in [1.807, 2.05) is 72.8 Å². The van der Waals surface area contributed by atoms with E-state index in [4.69, 9.17) is 43.8 Å². The summed E-state index contributed by atoms with van der Waals surface area (Å²) in [5.74, 6) is 0.102. The zero-order valence-corrected chi connectivity index (χ0v) is 23.1. The van der Waals surface area contributed by atoms with Gasteiger partial charge in [-0.1, -0.05) is 53.5 Å². The van der Waals surface area contributed by atoms with Gasteiger partial charge in [-0.15, -0.1) is 0 Å². The molecule has 0 bridgehead atoms. The molecule has 4 heterocycles. The number of aromatic nitrogens is 2. The van der Waals surface area contributed by atoms with Gasteiger partial charge in [-0.2, -0.15) is 10.2 Å². The van der Waals surface area contributed by atoms with E-state index < -0.39 is 11.5 Å². The van der Waals surface area contributed by atoms with E-state index >= 15 is 0 Å². The van der Waals surface area contributed by atoms with Gasteiger partial charge in [0.2, 0.25) is 11.6 Å². The average Bonchev–Trinajstić information content (AvgIpc) is 3.36. The first-order chi connectivity index (χ1) is 20.3. The summed E-state index contributed by atoms with van der Waals surface area (Å²) in [5.41, 5.74) is 16.6. The Morgan fingerprint density at radius 2 is 1.64 bits per heavy atom. The summed E-state index contributed by atoms with van der Waals surface area (Å²) < 4.78 is 11.7. The number of nitrogens with two attached hydrogens (primary N) is 2. The first kappa shape index (κ1) is 25.7. The topological polar surface area (TPSA) is 144 Å². The van der Waals surface area contributed by atoms with Crippen LogP contribution < -0.4 is 21.8 Å². The van der Waals surface area contributed by atoms with Gasteiger partial charge >= 0.3 is 5.63 Å². The van der Waals surface area contributed by atoms with Crippen molar-refractivity contribution in [3.63, 3.8) is 0 Å². The van der Waals surface area contributed by atoms with Crippen LogP contribution in [-0.4, -0.2) is 9.97 Å². The lowest BCUT2D eigenvalue weighted by Crippen LogP contribution is -2.17. The number of allylic oxidation sites excluding steroid dienone is 1. The molecule has 3 aromatic heterocycles. The summed E-state index contributed by atoms with van der Waals surface area (Å²) in [6, 6.07) is 24.5. The molecule has 0 aliphatic carbocycles. The minimum atomic E-state index is -0.909. The van der Waals surface area contributed by atoms with Crippen molar-refractivity contribution in [2.45, 2.75) is 5.92 Å². The maximum absolute atomic E-state index is 12.5. The van der Waals surface area contributed by atoms with Gasteiger partial charge in [0.1, 0.15) is 11.8 Å². The molecule has 0 amide bonds. The Balaban J connectivity index is 1.60. The first-order valence-corrected chi connectivity index (χ1v) is 13.6. The molecule has 0 fully saturated rings. The third kappa shape index (κ3) is 3.98. The van der Waals surface area contributed by atoms with Gasteiger partial charge < -0.3 is 25.6 Å². The number of hydrogen-bond acceptors (Lipinski definition) is 7. The molecule has 7 rings (SSSR count). The van der Waals surface area contributed by atoms with E-state index in [9.17, 15) is 10.1 Å². The zero-order valence-electron chi connectivity index (χ0n) is 21.6. The number of nitriles is 1. The minimum absolute atomic E-state index is 0.104. The molecule has 1 atom stereocenters. The number of halogens is 2. The molecule has 5 N–H and O–H groups in total. The van der Waals surface area contributed by atoms with Crippen molar-refractivity contribution in [3.8, 4) is 23.2 Å². The number of benzene rings is 3. The second-order valence-electron chi connectivity index (χ2n) is 9.80. The Kier molecular flexibility index (Phi) is 5.94. The first-order valence-electron chi connectivity index (χ1n) is 12.8. The van der Waals surface area contributed by atoms with Crippen LogP contribution in [0.25, 0.3) is 39.0 Å². The number of nitrogens with one attached hydrogen (secondary N) is 1. The van der Waals surface area contributed by atoms with E-state index in [1.165, 1.54) is 0 Å². The van der Waals surface area contributed by atoms with E-state index in [-0.39, 0.29) is 33.9 Å². The van der Waals surface area contributed by atoms with Crippen LogP contribution in [-0.2, 0) is 0 Å². The standard InChI is InChI=1S/C32H19Cl2N5O3/c33-17-8-6-15(7-9-17)23-13-20(24-19-12-18(34)10-11-22(19)38-29(24)16-4-2-1-3-5-16)25-28(37)26-27(36)21(14-35)32(40)42-31(26)39-30(25)41-23/h1-13,20,38H,36H2,(H2,37,39). The molecule has 1 aliphatic heterocycles. The number of fused-ring (bicyclic) bond motifs is 3. The molecule has 0 saturated carbocycles. The Morgan fingerprint density at radius 3 is 2.38 bits per heavy atom. The summed E-state index contributed by atoms with van der Waals surface area (Å²) in [4.78, 5) is 20.6. The molecule has 0 spiro atoms. The highest BCUT2D eigenvalue weighted by Crippen LogP contribution is 2.50. The van der Waals surface area contributed by atoms with Gasteiger partial charge in [-0.25, -0.2) is 4.79 Å². The zero-order chi connectivity index (χ0) is 29.1.